The molecule has 246 valence electrons. The predicted molar refractivity (Wildman–Crippen MR) is 153 cm³/mol. The molecule has 1 saturated heterocycles. The fourth-order valence-corrected chi connectivity index (χ4v) is 7.34. The van der Waals surface area contributed by atoms with Crippen LogP contribution in [-0.4, -0.2) is 81.9 Å². The van der Waals surface area contributed by atoms with Crippen LogP contribution in [0.3, 0.4) is 0 Å². The first-order chi connectivity index (χ1) is 20.5. The summed E-state index contributed by atoms with van der Waals surface area (Å²) >= 11 is 0. The summed E-state index contributed by atoms with van der Waals surface area (Å²) in [6.45, 7) is 12.5. The van der Waals surface area contributed by atoms with E-state index in [1.165, 1.54) is 32.4 Å². The minimum atomic E-state index is -2.01. The number of rotatable bonds is 10. The van der Waals surface area contributed by atoms with Crippen LogP contribution in [-0.2, 0) is 38.1 Å². The van der Waals surface area contributed by atoms with Gasteiger partial charge in [-0.2, -0.15) is 0 Å². The Morgan fingerprint density at radius 2 is 1.64 bits per heavy atom. The van der Waals surface area contributed by atoms with E-state index in [0.29, 0.717) is 12.8 Å². The summed E-state index contributed by atoms with van der Waals surface area (Å²) in [5.74, 6) is -4.51. The highest BCUT2D eigenvalue weighted by atomic mass is 16.6. The maximum Gasteiger partial charge on any atom is 0.341 e. The zero-order valence-electron chi connectivity index (χ0n) is 26.8. The molecular formula is C32H46O12. The van der Waals surface area contributed by atoms with Crippen LogP contribution in [0, 0.1) is 23.2 Å². The van der Waals surface area contributed by atoms with Crippen LogP contribution in [0.15, 0.2) is 23.0 Å². The van der Waals surface area contributed by atoms with E-state index in [2.05, 4.69) is 0 Å². The summed E-state index contributed by atoms with van der Waals surface area (Å²) < 4.78 is 35.8. The second-order valence-corrected chi connectivity index (χ2v) is 13.4. The molecule has 0 unspecified atom stereocenters. The van der Waals surface area contributed by atoms with Crippen molar-refractivity contribution in [2.24, 2.45) is 23.2 Å². The highest BCUT2D eigenvalue weighted by Gasteiger charge is 2.85. The summed E-state index contributed by atoms with van der Waals surface area (Å²) in [6.07, 6.45) is -2.31. The maximum absolute atomic E-state index is 13.6. The summed E-state index contributed by atoms with van der Waals surface area (Å²) in [5.41, 5.74) is -6.90. The monoisotopic (exact) mass is 622 g/mol. The maximum atomic E-state index is 13.6. The number of carbonyl (C=O) groups is 4. The van der Waals surface area contributed by atoms with Crippen LogP contribution >= 0.6 is 0 Å². The van der Waals surface area contributed by atoms with Gasteiger partial charge in [0.2, 0.25) is 0 Å². The zero-order chi connectivity index (χ0) is 32.8. The Morgan fingerprint density at radius 3 is 2.18 bits per heavy atom. The second-order valence-electron chi connectivity index (χ2n) is 13.4. The molecular weight excluding hydrogens is 576 g/mol. The Morgan fingerprint density at radius 1 is 1.02 bits per heavy atom. The van der Waals surface area contributed by atoms with E-state index in [0.717, 1.165) is 0 Å². The molecule has 0 amide bonds. The van der Waals surface area contributed by atoms with Crippen LogP contribution in [0.4, 0.5) is 0 Å². The van der Waals surface area contributed by atoms with E-state index in [1.807, 2.05) is 6.92 Å². The number of fused-ring (bicyclic) bond motifs is 1. The molecule has 2 bridgehead atoms. The lowest BCUT2D eigenvalue weighted by Gasteiger charge is -2.65. The fourth-order valence-electron chi connectivity index (χ4n) is 7.34. The van der Waals surface area contributed by atoms with Gasteiger partial charge in [-0.3, -0.25) is 14.4 Å². The molecule has 12 heteroatoms. The number of aliphatic hydroxyl groups is 2. The van der Waals surface area contributed by atoms with Crippen molar-refractivity contribution in [3.63, 3.8) is 0 Å². The normalized spacial score (nSPS) is 36.8. The lowest BCUT2D eigenvalue weighted by molar-refractivity contribution is -0.356. The van der Waals surface area contributed by atoms with Gasteiger partial charge < -0.3 is 38.3 Å². The molecule has 12 nitrogen and oxygen atoms in total. The summed E-state index contributed by atoms with van der Waals surface area (Å²) in [7, 11) is 0. The molecule has 3 aliphatic rings. The van der Waals surface area contributed by atoms with Crippen molar-refractivity contribution in [1.29, 1.82) is 0 Å². The third-order valence-corrected chi connectivity index (χ3v) is 10.2. The number of esters is 4. The molecule has 1 aliphatic heterocycles. The molecule has 0 radical (unpaired) electrons. The number of hydrogen-bond donors (Lipinski definition) is 2. The molecule has 3 fully saturated rings. The Hall–Kier alpha value is -2.96. The molecule has 4 rings (SSSR count). The van der Waals surface area contributed by atoms with Gasteiger partial charge in [-0.25, -0.2) is 4.79 Å². The average Bonchev–Trinajstić information content (AvgIpc) is 3.54. The Kier molecular flexibility index (Phi) is 9.32. The number of carbonyl (C=O) groups excluding carboxylic acids is 4. The Bertz CT molecular complexity index is 1240. The minimum Gasteiger partial charge on any atom is -0.472 e. The molecule has 0 aromatic carbocycles. The van der Waals surface area contributed by atoms with E-state index in [9.17, 15) is 29.4 Å². The molecule has 2 N–H and O–H groups in total. The smallest absolute Gasteiger partial charge is 0.341 e. The SMILES string of the molecule is CC[C@@H](C)C(=O)O[C@H]1C[C@](C)(O)[C@]23OC(C)(C)[C@H](C[C@H](OC(=O)c4ccoc4)[C@]2(COC(C)=O)[C@H]1OC(=O)[C@H](C)CC)[C@H]3O. The van der Waals surface area contributed by atoms with Gasteiger partial charge in [0.1, 0.15) is 36.1 Å². The van der Waals surface area contributed by atoms with Gasteiger partial charge in [-0.1, -0.05) is 27.7 Å². The number of aliphatic hydroxyl groups excluding tert-OH is 1. The van der Waals surface area contributed by atoms with Gasteiger partial charge in [-0.05, 0) is 46.1 Å². The molecule has 2 heterocycles. The molecule has 1 aromatic heterocycles. The molecule has 2 saturated carbocycles. The van der Waals surface area contributed by atoms with Crippen LogP contribution in [0.25, 0.3) is 0 Å². The lowest BCUT2D eigenvalue weighted by atomic mass is 9.46. The van der Waals surface area contributed by atoms with E-state index in [-0.39, 0.29) is 18.4 Å². The van der Waals surface area contributed by atoms with Crippen molar-refractivity contribution in [3.05, 3.63) is 24.2 Å². The van der Waals surface area contributed by atoms with Crippen LogP contribution in [0.2, 0.25) is 0 Å². The highest BCUT2D eigenvalue weighted by molar-refractivity contribution is 5.89. The van der Waals surface area contributed by atoms with Gasteiger partial charge in [-0.15, -0.1) is 0 Å². The van der Waals surface area contributed by atoms with E-state index in [1.54, 1.807) is 34.6 Å². The van der Waals surface area contributed by atoms with Crippen molar-refractivity contribution in [1.82, 2.24) is 0 Å². The topological polar surface area (TPSA) is 168 Å². The molecule has 44 heavy (non-hydrogen) atoms. The van der Waals surface area contributed by atoms with Crippen molar-refractivity contribution in [3.8, 4) is 0 Å². The van der Waals surface area contributed by atoms with Gasteiger partial charge in [0.05, 0.1) is 41.0 Å². The summed E-state index contributed by atoms with van der Waals surface area (Å²) in [5, 5.41) is 24.5. The first kappa shape index (κ1) is 33.9. The highest BCUT2D eigenvalue weighted by Crippen LogP contribution is 2.68. The quantitative estimate of drug-likeness (QED) is 0.289. The van der Waals surface area contributed by atoms with Crippen molar-refractivity contribution < 1.29 is 57.5 Å². The Balaban J connectivity index is 2.01. The third-order valence-electron chi connectivity index (χ3n) is 10.2. The fraction of sp³-hybridized carbons (Fsp3) is 0.750. The van der Waals surface area contributed by atoms with E-state index >= 15 is 0 Å². The largest absolute Gasteiger partial charge is 0.472 e. The lowest BCUT2D eigenvalue weighted by Crippen LogP contribution is -2.83. The van der Waals surface area contributed by atoms with Crippen molar-refractivity contribution in [2.75, 3.05) is 6.61 Å². The first-order valence-corrected chi connectivity index (χ1v) is 15.4. The van der Waals surface area contributed by atoms with Crippen LogP contribution in [0.5, 0.6) is 0 Å². The molecule has 1 spiro atoms. The van der Waals surface area contributed by atoms with E-state index < -0.39 is 94.9 Å². The van der Waals surface area contributed by atoms with Gasteiger partial charge in [0.25, 0.3) is 0 Å². The number of furan rings is 1. The predicted octanol–water partition coefficient (Wildman–Crippen LogP) is 3.35. The van der Waals surface area contributed by atoms with Crippen molar-refractivity contribution >= 4 is 23.9 Å². The van der Waals surface area contributed by atoms with Gasteiger partial charge in [0, 0.05) is 19.3 Å². The Labute approximate surface area is 257 Å². The standard InChI is InChI=1S/C32H46O12/c1-9-17(3)26(35)41-22-14-30(8,38)32-24(34)21(29(6,7)44-32)13-23(42-28(37)20-11-12-39-15-20)31(32,16-40-19(5)33)25(22)43-27(36)18(4)10-2/h11-12,15,17-18,21-25,34,38H,9-10,13-14,16H2,1-8H3/t17-,18-,21-,22+,23+,24-,25+,30+,31-,32+/m1/s1. The number of ether oxygens (including phenoxy) is 5. The average molecular weight is 623 g/mol. The van der Waals surface area contributed by atoms with Crippen LogP contribution in [0.1, 0.15) is 91.4 Å². The van der Waals surface area contributed by atoms with Crippen LogP contribution < -0.4 is 0 Å². The zero-order valence-corrected chi connectivity index (χ0v) is 26.8. The van der Waals surface area contributed by atoms with Gasteiger partial charge in [0.15, 0.2) is 6.10 Å². The number of hydrogen-bond acceptors (Lipinski definition) is 12. The molecule has 2 aliphatic carbocycles. The second kappa shape index (κ2) is 12.1. The molecule has 10 atom stereocenters. The van der Waals surface area contributed by atoms with E-state index in [4.69, 9.17) is 28.1 Å². The minimum absolute atomic E-state index is 0.0136. The summed E-state index contributed by atoms with van der Waals surface area (Å²) in [4.78, 5) is 52.7. The van der Waals surface area contributed by atoms with Crippen molar-refractivity contribution in [2.45, 2.75) is 122 Å². The molecule has 1 aromatic rings. The third kappa shape index (κ3) is 5.32. The first-order valence-electron chi connectivity index (χ1n) is 15.4. The summed E-state index contributed by atoms with van der Waals surface area (Å²) in [6, 6.07) is 1.41. The van der Waals surface area contributed by atoms with Gasteiger partial charge >= 0.3 is 23.9 Å².